The third kappa shape index (κ3) is 2.75. The van der Waals surface area contributed by atoms with E-state index in [9.17, 15) is 4.79 Å². The first-order valence-corrected chi connectivity index (χ1v) is 9.20. The fraction of sp³-hybridized carbons (Fsp3) is 0.444. The number of allylic oxidation sites excluding steroid dienone is 1. The van der Waals surface area contributed by atoms with Crippen molar-refractivity contribution in [2.45, 2.75) is 32.2 Å². The molecule has 4 rings (SSSR count). The number of nitrogens with zero attached hydrogens (tertiary/aromatic N) is 2. The molecule has 1 aromatic heterocycles. The number of carbonyl (C=O) groups is 1. The average Bonchev–Trinajstić information content (AvgIpc) is 3.22. The lowest BCUT2D eigenvalue weighted by Gasteiger charge is -2.18. The largest absolute Gasteiger partial charge is 0.486 e. The van der Waals surface area contributed by atoms with E-state index in [0.717, 1.165) is 52.2 Å². The van der Waals surface area contributed by atoms with E-state index in [4.69, 9.17) is 9.47 Å². The summed E-state index contributed by atoms with van der Waals surface area (Å²) in [6.45, 7) is 5.56. The summed E-state index contributed by atoms with van der Waals surface area (Å²) in [6, 6.07) is 3.95. The molecule has 126 valence electrons. The normalized spacial score (nSPS) is 18.2. The van der Waals surface area contributed by atoms with Gasteiger partial charge in [0.15, 0.2) is 16.3 Å². The number of ether oxygens (including phenoxy) is 2. The number of fused-ring (bicyclic) bond motifs is 2. The molecule has 1 aliphatic carbocycles. The summed E-state index contributed by atoms with van der Waals surface area (Å²) in [6.07, 6.45) is 6.01. The van der Waals surface area contributed by atoms with Crippen molar-refractivity contribution in [2.24, 2.45) is 10.9 Å². The van der Waals surface area contributed by atoms with Gasteiger partial charge in [0.05, 0.1) is 10.2 Å². The molecule has 1 amide bonds. The molecule has 0 radical (unpaired) electrons. The fourth-order valence-electron chi connectivity index (χ4n) is 3.36. The predicted octanol–water partition coefficient (Wildman–Crippen LogP) is 3.28. The van der Waals surface area contributed by atoms with Crippen LogP contribution in [-0.4, -0.2) is 23.7 Å². The van der Waals surface area contributed by atoms with Crippen LogP contribution in [0.15, 0.2) is 29.8 Å². The van der Waals surface area contributed by atoms with Crippen LogP contribution in [0.25, 0.3) is 10.2 Å². The second-order valence-electron chi connectivity index (χ2n) is 6.18. The predicted molar refractivity (Wildman–Crippen MR) is 93.5 cm³/mol. The lowest BCUT2D eigenvalue weighted by Crippen LogP contribution is -2.19. The number of rotatable bonds is 3. The SMILES string of the molecule is C=CCn1c(=NC(=O)C2CCCC2)sc2cc3c(cc21)OCCO3. The van der Waals surface area contributed by atoms with Crippen LogP contribution in [0.5, 0.6) is 11.5 Å². The Morgan fingerprint density at radius 2 is 2.00 bits per heavy atom. The Morgan fingerprint density at radius 1 is 1.29 bits per heavy atom. The first-order valence-electron chi connectivity index (χ1n) is 8.38. The van der Waals surface area contributed by atoms with Crippen molar-refractivity contribution in [3.8, 4) is 11.5 Å². The van der Waals surface area contributed by atoms with E-state index >= 15 is 0 Å². The molecule has 0 spiro atoms. The van der Waals surface area contributed by atoms with Crippen LogP contribution in [0.3, 0.4) is 0 Å². The van der Waals surface area contributed by atoms with Gasteiger partial charge in [-0.1, -0.05) is 30.3 Å². The van der Waals surface area contributed by atoms with Gasteiger partial charge in [-0.05, 0) is 12.8 Å². The zero-order valence-corrected chi connectivity index (χ0v) is 14.3. The summed E-state index contributed by atoms with van der Waals surface area (Å²) >= 11 is 1.52. The van der Waals surface area contributed by atoms with Crippen molar-refractivity contribution in [2.75, 3.05) is 13.2 Å². The van der Waals surface area contributed by atoms with Crippen molar-refractivity contribution in [3.63, 3.8) is 0 Å². The summed E-state index contributed by atoms with van der Waals surface area (Å²) in [7, 11) is 0. The zero-order valence-electron chi connectivity index (χ0n) is 13.5. The van der Waals surface area contributed by atoms with E-state index in [-0.39, 0.29) is 11.8 Å². The van der Waals surface area contributed by atoms with E-state index in [1.165, 1.54) is 11.3 Å². The van der Waals surface area contributed by atoms with Crippen LogP contribution in [-0.2, 0) is 11.3 Å². The van der Waals surface area contributed by atoms with Crippen molar-refractivity contribution < 1.29 is 14.3 Å². The van der Waals surface area contributed by atoms with E-state index in [2.05, 4.69) is 11.6 Å². The molecule has 1 fully saturated rings. The van der Waals surface area contributed by atoms with Gasteiger partial charge in [-0.2, -0.15) is 4.99 Å². The summed E-state index contributed by atoms with van der Waals surface area (Å²) in [5.74, 6) is 1.61. The number of amides is 1. The topological polar surface area (TPSA) is 52.8 Å². The fourth-order valence-corrected chi connectivity index (χ4v) is 4.41. The molecule has 6 heteroatoms. The van der Waals surface area contributed by atoms with Crippen LogP contribution in [0.1, 0.15) is 25.7 Å². The number of aromatic nitrogens is 1. The van der Waals surface area contributed by atoms with Crippen LogP contribution in [0.4, 0.5) is 0 Å². The standard InChI is InChI=1S/C18H20N2O3S/c1-2-7-20-13-10-14-15(23-9-8-22-14)11-16(13)24-18(20)19-17(21)12-5-3-4-6-12/h2,10-12H,1,3-9H2. The Morgan fingerprint density at radius 3 is 2.71 bits per heavy atom. The molecule has 2 aromatic rings. The molecule has 0 unspecified atom stereocenters. The van der Waals surface area contributed by atoms with Gasteiger partial charge in [-0.25, -0.2) is 0 Å². The summed E-state index contributed by atoms with van der Waals surface area (Å²) in [5, 5.41) is 0. The summed E-state index contributed by atoms with van der Waals surface area (Å²) in [4.78, 5) is 17.6. The molecule has 24 heavy (non-hydrogen) atoms. The van der Waals surface area contributed by atoms with Crippen LogP contribution in [0.2, 0.25) is 0 Å². The molecule has 5 nitrogen and oxygen atoms in total. The number of hydrogen-bond acceptors (Lipinski definition) is 4. The Balaban J connectivity index is 1.83. The number of carbonyl (C=O) groups excluding carboxylic acids is 1. The Kier molecular flexibility index (Phi) is 4.14. The first kappa shape index (κ1) is 15.4. The number of benzene rings is 1. The van der Waals surface area contributed by atoms with Crippen LogP contribution in [0, 0.1) is 5.92 Å². The monoisotopic (exact) mass is 344 g/mol. The highest BCUT2D eigenvalue weighted by Gasteiger charge is 2.23. The minimum atomic E-state index is 0.00846. The van der Waals surface area contributed by atoms with E-state index in [1.807, 2.05) is 22.8 Å². The molecule has 1 saturated carbocycles. The summed E-state index contributed by atoms with van der Waals surface area (Å²) < 4.78 is 14.4. The smallest absolute Gasteiger partial charge is 0.251 e. The quantitative estimate of drug-likeness (QED) is 0.803. The second-order valence-corrected chi connectivity index (χ2v) is 7.19. The van der Waals surface area contributed by atoms with Gasteiger partial charge in [0.1, 0.15) is 13.2 Å². The van der Waals surface area contributed by atoms with Crippen molar-refractivity contribution in [1.29, 1.82) is 0 Å². The van der Waals surface area contributed by atoms with Gasteiger partial charge < -0.3 is 14.0 Å². The third-order valence-corrected chi connectivity index (χ3v) is 5.61. The van der Waals surface area contributed by atoms with Gasteiger partial charge in [-0.3, -0.25) is 4.79 Å². The molecule has 0 saturated heterocycles. The lowest BCUT2D eigenvalue weighted by molar-refractivity contribution is -0.121. The third-order valence-electron chi connectivity index (χ3n) is 4.57. The molecular formula is C18H20N2O3S. The van der Waals surface area contributed by atoms with Crippen LogP contribution < -0.4 is 14.3 Å². The molecule has 2 aliphatic rings. The van der Waals surface area contributed by atoms with Gasteiger partial charge in [0.25, 0.3) is 5.91 Å². The maximum atomic E-state index is 12.5. The van der Waals surface area contributed by atoms with E-state index in [1.54, 1.807) is 0 Å². The highest BCUT2D eigenvalue weighted by atomic mass is 32.1. The second kappa shape index (κ2) is 6.43. The van der Waals surface area contributed by atoms with Gasteiger partial charge in [-0.15, -0.1) is 6.58 Å². The molecule has 1 aliphatic heterocycles. The maximum Gasteiger partial charge on any atom is 0.251 e. The van der Waals surface area contributed by atoms with Crippen LogP contribution >= 0.6 is 11.3 Å². The van der Waals surface area contributed by atoms with Crippen molar-refractivity contribution in [3.05, 3.63) is 29.6 Å². The van der Waals surface area contributed by atoms with Gasteiger partial charge in [0.2, 0.25) is 0 Å². The van der Waals surface area contributed by atoms with Crippen molar-refractivity contribution in [1.82, 2.24) is 4.57 Å². The summed E-state index contributed by atoms with van der Waals surface area (Å²) in [5.41, 5.74) is 1.00. The first-order chi connectivity index (χ1) is 11.8. The average molecular weight is 344 g/mol. The molecular weight excluding hydrogens is 324 g/mol. The van der Waals surface area contributed by atoms with Crippen molar-refractivity contribution >= 4 is 27.5 Å². The molecule has 0 N–H and O–H groups in total. The highest BCUT2D eigenvalue weighted by molar-refractivity contribution is 7.16. The molecule has 0 bridgehead atoms. The van der Waals surface area contributed by atoms with E-state index in [0.29, 0.717) is 19.8 Å². The lowest BCUT2D eigenvalue weighted by atomic mass is 10.1. The molecule has 2 heterocycles. The Hall–Kier alpha value is -2.08. The van der Waals surface area contributed by atoms with E-state index < -0.39 is 0 Å². The number of thiazole rings is 1. The Labute approximate surface area is 144 Å². The number of hydrogen-bond donors (Lipinski definition) is 0. The minimum absolute atomic E-state index is 0.00846. The van der Waals surface area contributed by atoms with Gasteiger partial charge >= 0.3 is 0 Å². The molecule has 1 aromatic carbocycles. The maximum absolute atomic E-state index is 12.5. The zero-order chi connectivity index (χ0) is 16.5. The highest BCUT2D eigenvalue weighted by Crippen LogP contribution is 2.35. The Bertz CT molecular complexity index is 859. The minimum Gasteiger partial charge on any atom is -0.486 e. The molecule has 0 atom stereocenters. The van der Waals surface area contributed by atoms with Gasteiger partial charge in [0, 0.05) is 24.6 Å².